The Bertz CT molecular complexity index is 343. The summed E-state index contributed by atoms with van der Waals surface area (Å²) in [6.07, 6.45) is -0.235. The summed E-state index contributed by atoms with van der Waals surface area (Å²) in [4.78, 5) is 11.2. The van der Waals surface area contributed by atoms with Gasteiger partial charge < -0.3 is 15.2 Å². The van der Waals surface area contributed by atoms with Crippen LogP contribution in [0.3, 0.4) is 0 Å². The van der Waals surface area contributed by atoms with Gasteiger partial charge in [0.1, 0.15) is 0 Å². The van der Waals surface area contributed by atoms with Crippen LogP contribution in [0, 0.1) is 0 Å². The summed E-state index contributed by atoms with van der Waals surface area (Å²) in [6, 6.07) is 7.46. The van der Waals surface area contributed by atoms with E-state index < -0.39 is 0 Å². The van der Waals surface area contributed by atoms with Crippen LogP contribution >= 0.6 is 0 Å². The number of ether oxygens (including phenoxy) is 1. The first-order chi connectivity index (χ1) is 7.29. The van der Waals surface area contributed by atoms with Crippen molar-refractivity contribution >= 4 is 5.91 Å². The van der Waals surface area contributed by atoms with Gasteiger partial charge in [-0.1, -0.05) is 24.3 Å². The monoisotopic (exact) mass is 207 g/mol. The first-order valence-electron chi connectivity index (χ1n) is 4.87. The molecule has 1 amide bonds. The number of aliphatic hydroxyl groups excluding tert-OH is 1. The minimum Gasteiger partial charge on any atom is -0.392 e. The van der Waals surface area contributed by atoms with E-state index in [2.05, 4.69) is 5.32 Å². The van der Waals surface area contributed by atoms with Crippen LogP contribution in [-0.4, -0.2) is 23.7 Å². The van der Waals surface area contributed by atoms with Crippen LogP contribution in [0.15, 0.2) is 24.3 Å². The molecule has 1 aliphatic rings. The van der Waals surface area contributed by atoms with Crippen LogP contribution in [0.2, 0.25) is 0 Å². The molecule has 4 heteroatoms. The Balaban J connectivity index is 1.84. The molecule has 1 fully saturated rings. The lowest BCUT2D eigenvalue weighted by atomic mass is 10.1. The SMILES string of the molecule is O=C(NCc1ccc(CO)cc1)C1CO1. The highest BCUT2D eigenvalue weighted by atomic mass is 16.6. The minimum absolute atomic E-state index is 0.0442. The molecule has 1 unspecified atom stereocenters. The molecule has 15 heavy (non-hydrogen) atoms. The van der Waals surface area contributed by atoms with Gasteiger partial charge >= 0.3 is 0 Å². The van der Waals surface area contributed by atoms with Crippen molar-refractivity contribution in [3.8, 4) is 0 Å². The smallest absolute Gasteiger partial charge is 0.251 e. The predicted molar refractivity (Wildman–Crippen MR) is 54.0 cm³/mol. The molecule has 1 aliphatic heterocycles. The largest absolute Gasteiger partial charge is 0.392 e. The van der Waals surface area contributed by atoms with Crippen LogP contribution in [0.5, 0.6) is 0 Å². The molecule has 0 spiro atoms. The topological polar surface area (TPSA) is 61.9 Å². The number of epoxide rings is 1. The molecule has 1 atom stereocenters. The number of amides is 1. The van der Waals surface area contributed by atoms with Crippen molar-refractivity contribution in [3.63, 3.8) is 0 Å². The molecular weight excluding hydrogens is 194 g/mol. The van der Waals surface area contributed by atoms with E-state index in [1.54, 1.807) is 0 Å². The summed E-state index contributed by atoms with van der Waals surface area (Å²) in [7, 11) is 0. The van der Waals surface area contributed by atoms with Crippen molar-refractivity contribution in [1.29, 1.82) is 0 Å². The Morgan fingerprint density at radius 1 is 1.40 bits per heavy atom. The third kappa shape index (κ3) is 2.78. The zero-order valence-electron chi connectivity index (χ0n) is 8.27. The summed E-state index contributed by atoms with van der Waals surface area (Å²) in [5.41, 5.74) is 1.89. The van der Waals surface area contributed by atoms with Gasteiger partial charge in [-0.05, 0) is 11.1 Å². The molecule has 80 valence electrons. The normalized spacial score (nSPS) is 18.6. The quantitative estimate of drug-likeness (QED) is 0.693. The Labute approximate surface area is 87.9 Å². The van der Waals surface area contributed by atoms with E-state index in [4.69, 9.17) is 9.84 Å². The van der Waals surface area contributed by atoms with Crippen molar-refractivity contribution in [2.75, 3.05) is 6.61 Å². The lowest BCUT2D eigenvalue weighted by Gasteiger charge is -2.04. The molecule has 1 aromatic carbocycles. The highest BCUT2D eigenvalue weighted by molar-refractivity contribution is 5.82. The van der Waals surface area contributed by atoms with Crippen LogP contribution in [-0.2, 0) is 22.7 Å². The predicted octanol–water partition coefficient (Wildman–Crippen LogP) is 0.194. The van der Waals surface area contributed by atoms with Gasteiger partial charge in [-0.25, -0.2) is 0 Å². The number of carbonyl (C=O) groups is 1. The molecule has 0 bridgehead atoms. The van der Waals surface area contributed by atoms with Gasteiger partial charge in [0.25, 0.3) is 5.91 Å². The van der Waals surface area contributed by atoms with Crippen molar-refractivity contribution in [1.82, 2.24) is 5.32 Å². The van der Waals surface area contributed by atoms with E-state index in [1.807, 2.05) is 24.3 Å². The summed E-state index contributed by atoms with van der Waals surface area (Å²) in [5.74, 6) is -0.0544. The highest BCUT2D eigenvalue weighted by Gasteiger charge is 2.30. The van der Waals surface area contributed by atoms with Crippen LogP contribution in [0.1, 0.15) is 11.1 Å². The van der Waals surface area contributed by atoms with E-state index in [1.165, 1.54) is 0 Å². The number of hydrogen-bond donors (Lipinski definition) is 2. The molecule has 2 N–H and O–H groups in total. The number of nitrogens with one attached hydrogen (secondary N) is 1. The zero-order chi connectivity index (χ0) is 10.7. The molecule has 0 radical (unpaired) electrons. The fraction of sp³-hybridized carbons (Fsp3) is 0.364. The third-order valence-corrected chi connectivity index (χ3v) is 2.30. The van der Waals surface area contributed by atoms with Gasteiger partial charge in [-0.15, -0.1) is 0 Å². The minimum atomic E-state index is -0.235. The molecule has 0 aromatic heterocycles. The van der Waals surface area contributed by atoms with Crippen LogP contribution in [0.25, 0.3) is 0 Å². The van der Waals surface area contributed by atoms with Gasteiger partial charge in [0.15, 0.2) is 6.10 Å². The lowest BCUT2D eigenvalue weighted by Crippen LogP contribution is -2.27. The Morgan fingerprint density at radius 3 is 2.53 bits per heavy atom. The van der Waals surface area contributed by atoms with Crippen LogP contribution in [0.4, 0.5) is 0 Å². The van der Waals surface area contributed by atoms with Gasteiger partial charge in [-0.3, -0.25) is 4.79 Å². The average Bonchev–Trinajstić information content (AvgIpc) is 3.10. The zero-order valence-corrected chi connectivity index (χ0v) is 8.27. The summed E-state index contributed by atoms with van der Waals surface area (Å²) >= 11 is 0. The average molecular weight is 207 g/mol. The van der Waals surface area contributed by atoms with Crippen molar-refractivity contribution in [2.45, 2.75) is 19.3 Å². The Hall–Kier alpha value is -1.39. The van der Waals surface area contributed by atoms with Gasteiger partial charge in [0.05, 0.1) is 13.2 Å². The maximum absolute atomic E-state index is 11.2. The van der Waals surface area contributed by atoms with E-state index in [-0.39, 0.29) is 18.6 Å². The van der Waals surface area contributed by atoms with Gasteiger partial charge in [0, 0.05) is 6.54 Å². The second-order valence-electron chi connectivity index (χ2n) is 3.51. The van der Waals surface area contributed by atoms with Crippen molar-refractivity contribution in [3.05, 3.63) is 35.4 Å². The second-order valence-corrected chi connectivity index (χ2v) is 3.51. The Morgan fingerprint density at radius 2 is 2.00 bits per heavy atom. The van der Waals surface area contributed by atoms with E-state index in [0.717, 1.165) is 11.1 Å². The fourth-order valence-electron chi connectivity index (χ4n) is 1.27. The molecular formula is C11H13NO3. The lowest BCUT2D eigenvalue weighted by molar-refractivity contribution is -0.122. The maximum Gasteiger partial charge on any atom is 0.251 e. The number of rotatable bonds is 4. The molecule has 0 saturated carbocycles. The van der Waals surface area contributed by atoms with Crippen LogP contribution < -0.4 is 5.32 Å². The molecule has 1 aromatic rings. The Kier molecular flexibility index (Phi) is 2.99. The standard InChI is InChI=1S/C11H13NO3/c13-6-9-3-1-8(2-4-9)5-12-11(14)10-7-15-10/h1-4,10,13H,5-7H2,(H,12,14). The first-order valence-corrected chi connectivity index (χ1v) is 4.87. The molecule has 1 saturated heterocycles. The number of hydrogen-bond acceptors (Lipinski definition) is 3. The molecule has 0 aliphatic carbocycles. The summed E-state index contributed by atoms with van der Waals surface area (Å²) in [6.45, 7) is 1.09. The molecule has 2 rings (SSSR count). The van der Waals surface area contributed by atoms with E-state index >= 15 is 0 Å². The summed E-state index contributed by atoms with van der Waals surface area (Å²) in [5, 5.41) is 11.6. The summed E-state index contributed by atoms with van der Waals surface area (Å²) < 4.78 is 4.85. The highest BCUT2D eigenvalue weighted by Crippen LogP contribution is 2.09. The fourth-order valence-corrected chi connectivity index (χ4v) is 1.27. The second kappa shape index (κ2) is 4.42. The maximum atomic E-state index is 11.2. The first kappa shape index (κ1) is 10.1. The van der Waals surface area contributed by atoms with Gasteiger partial charge in [-0.2, -0.15) is 0 Å². The van der Waals surface area contributed by atoms with Gasteiger partial charge in [0.2, 0.25) is 0 Å². The number of carbonyl (C=O) groups excluding carboxylic acids is 1. The molecule has 4 nitrogen and oxygen atoms in total. The van der Waals surface area contributed by atoms with E-state index in [9.17, 15) is 4.79 Å². The van der Waals surface area contributed by atoms with Crippen molar-refractivity contribution in [2.24, 2.45) is 0 Å². The number of benzene rings is 1. The third-order valence-electron chi connectivity index (χ3n) is 2.30. The number of aliphatic hydroxyl groups is 1. The molecule has 1 heterocycles. The van der Waals surface area contributed by atoms with Crippen molar-refractivity contribution < 1.29 is 14.6 Å². The van der Waals surface area contributed by atoms with E-state index in [0.29, 0.717) is 13.2 Å².